The van der Waals surface area contributed by atoms with Crippen molar-refractivity contribution in [1.82, 2.24) is 4.98 Å². The van der Waals surface area contributed by atoms with Crippen molar-refractivity contribution in [2.75, 3.05) is 20.3 Å². The van der Waals surface area contributed by atoms with Gasteiger partial charge in [-0.15, -0.1) is 0 Å². The third-order valence-electron chi connectivity index (χ3n) is 3.25. The number of ether oxygens (including phenoxy) is 2. The van der Waals surface area contributed by atoms with E-state index in [2.05, 4.69) is 4.98 Å². The fourth-order valence-electron chi connectivity index (χ4n) is 2.13. The van der Waals surface area contributed by atoms with E-state index in [-0.39, 0.29) is 11.5 Å². The normalized spacial score (nSPS) is 11.0. The van der Waals surface area contributed by atoms with Crippen LogP contribution in [0.2, 0.25) is 0 Å². The molecule has 0 unspecified atom stereocenters. The molecule has 0 atom stereocenters. The lowest BCUT2D eigenvalue weighted by atomic mass is 9.97. The molecule has 0 aliphatic heterocycles. The van der Waals surface area contributed by atoms with Crippen molar-refractivity contribution in [2.45, 2.75) is 19.8 Å². The predicted molar refractivity (Wildman–Crippen MR) is 81.0 cm³/mol. The van der Waals surface area contributed by atoms with E-state index in [1.807, 2.05) is 19.9 Å². The molecule has 22 heavy (non-hydrogen) atoms. The Morgan fingerprint density at radius 1 is 1.09 bits per heavy atom. The summed E-state index contributed by atoms with van der Waals surface area (Å²) < 4.78 is 37.6. The molecule has 0 spiro atoms. The third kappa shape index (κ3) is 3.80. The lowest BCUT2D eigenvalue weighted by molar-refractivity contribution is 0.144. The molecule has 0 aliphatic rings. The summed E-state index contributed by atoms with van der Waals surface area (Å²) in [5, 5.41) is 0. The highest BCUT2D eigenvalue weighted by Gasteiger charge is 2.16. The highest BCUT2D eigenvalue weighted by Crippen LogP contribution is 2.31. The van der Waals surface area contributed by atoms with Gasteiger partial charge in [0, 0.05) is 24.8 Å². The number of pyridine rings is 1. The molecule has 0 amide bonds. The fraction of sp³-hybridized carbons (Fsp3) is 0.353. The van der Waals surface area contributed by atoms with E-state index in [9.17, 15) is 8.78 Å². The molecule has 3 nitrogen and oxygen atoms in total. The Labute approximate surface area is 128 Å². The van der Waals surface area contributed by atoms with Crippen LogP contribution in [0.5, 0.6) is 5.88 Å². The zero-order valence-corrected chi connectivity index (χ0v) is 12.9. The monoisotopic (exact) mass is 307 g/mol. The predicted octanol–water partition coefficient (Wildman–Crippen LogP) is 4.18. The number of methoxy groups -OCH3 is 1. The van der Waals surface area contributed by atoms with E-state index >= 15 is 0 Å². The SMILES string of the molecule is COCCOc1ccc(C(C)C)c(-c2ccc(F)cc2F)n1. The van der Waals surface area contributed by atoms with Crippen LogP contribution in [0.4, 0.5) is 8.78 Å². The van der Waals surface area contributed by atoms with Crippen LogP contribution in [0.1, 0.15) is 25.3 Å². The molecule has 1 aromatic heterocycles. The van der Waals surface area contributed by atoms with E-state index in [1.54, 1.807) is 13.2 Å². The van der Waals surface area contributed by atoms with Gasteiger partial charge < -0.3 is 9.47 Å². The summed E-state index contributed by atoms with van der Waals surface area (Å²) in [6, 6.07) is 7.09. The zero-order chi connectivity index (χ0) is 16.1. The van der Waals surface area contributed by atoms with Crippen LogP contribution in [-0.2, 0) is 4.74 Å². The number of halogens is 2. The average Bonchev–Trinajstić information content (AvgIpc) is 2.47. The number of hydrogen-bond acceptors (Lipinski definition) is 3. The topological polar surface area (TPSA) is 31.4 Å². The molecule has 2 aromatic rings. The van der Waals surface area contributed by atoms with Crippen LogP contribution >= 0.6 is 0 Å². The Bertz CT molecular complexity index is 645. The maximum atomic E-state index is 14.1. The van der Waals surface area contributed by atoms with Gasteiger partial charge in [-0.05, 0) is 23.6 Å². The molecule has 0 saturated carbocycles. The van der Waals surface area contributed by atoms with Crippen LogP contribution in [0.25, 0.3) is 11.3 Å². The van der Waals surface area contributed by atoms with Crippen molar-refractivity contribution >= 4 is 0 Å². The molecule has 0 N–H and O–H groups in total. The Morgan fingerprint density at radius 2 is 1.86 bits per heavy atom. The molecule has 5 heteroatoms. The van der Waals surface area contributed by atoms with Crippen molar-refractivity contribution in [3.05, 3.63) is 47.5 Å². The van der Waals surface area contributed by atoms with Crippen LogP contribution < -0.4 is 4.74 Å². The molecule has 2 rings (SSSR count). The van der Waals surface area contributed by atoms with Gasteiger partial charge in [-0.2, -0.15) is 0 Å². The van der Waals surface area contributed by atoms with Crippen molar-refractivity contribution in [3.8, 4) is 17.1 Å². The molecule has 0 saturated heterocycles. The summed E-state index contributed by atoms with van der Waals surface area (Å²) in [7, 11) is 1.58. The number of hydrogen-bond donors (Lipinski definition) is 0. The molecule has 0 radical (unpaired) electrons. The molecule has 118 valence electrons. The number of nitrogens with zero attached hydrogens (tertiary/aromatic N) is 1. The minimum atomic E-state index is -0.636. The van der Waals surface area contributed by atoms with Crippen LogP contribution in [-0.4, -0.2) is 25.3 Å². The highest BCUT2D eigenvalue weighted by molar-refractivity contribution is 5.65. The number of benzene rings is 1. The summed E-state index contributed by atoms with van der Waals surface area (Å²) in [5.74, 6) is -0.705. The lowest BCUT2D eigenvalue weighted by Gasteiger charge is -2.14. The first kappa shape index (κ1) is 16.4. The van der Waals surface area contributed by atoms with E-state index in [4.69, 9.17) is 9.47 Å². The quantitative estimate of drug-likeness (QED) is 0.750. The first-order valence-electron chi connectivity index (χ1n) is 7.11. The Morgan fingerprint density at radius 3 is 2.50 bits per heavy atom. The van der Waals surface area contributed by atoms with Crippen molar-refractivity contribution in [1.29, 1.82) is 0 Å². The van der Waals surface area contributed by atoms with E-state index < -0.39 is 11.6 Å². The molecule has 0 aliphatic carbocycles. The van der Waals surface area contributed by atoms with Gasteiger partial charge in [0.2, 0.25) is 5.88 Å². The average molecular weight is 307 g/mol. The summed E-state index contributed by atoms with van der Waals surface area (Å²) in [5.41, 5.74) is 1.62. The van der Waals surface area contributed by atoms with Gasteiger partial charge in [0.05, 0.1) is 12.3 Å². The van der Waals surface area contributed by atoms with Gasteiger partial charge in [0.1, 0.15) is 18.2 Å². The second-order valence-corrected chi connectivity index (χ2v) is 5.21. The summed E-state index contributed by atoms with van der Waals surface area (Å²) >= 11 is 0. The number of rotatable bonds is 6. The van der Waals surface area contributed by atoms with Crippen molar-refractivity contribution in [2.24, 2.45) is 0 Å². The van der Waals surface area contributed by atoms with E-state index in [0.29, 0.717) is 24.8 Å². The molecular weight excluding hydrogens is 288 g/mol. The van der Waals surface area contributed by atoms with Crippen molar-refractivity contribution in [3.63, 3.8) is 0 Å². The molecule has 0 fully saturated rings. The van der Waals surface area contributed by atoms with E-state index in [0.717, 1.165) is 11.6 Å². The second kappa shape index (κ2) is 7.31. The first-order valence-corrected chi connectivity index (χ1v) is 7.11. The molecule has 0 bridgehead atoms. The lowest BCUT2D eigenvalue weighted by Crippen LogP contribution is -2.07. The highest BCUT2D eigenvalue weighted by atomic mass is 19.1. The standard InChI is InChI=1S/C17H19F2NO2/c1-11(2)13-6-7-16(22-9-8-21-3)20-17(13)14-5-4-12(18)10-15(14)19/h4-7,10-11H,8-9H2,1-3H3. The van der Waals surface area contributed by atoms with Gasteiger partial charge in [0.25, 0.3) is 0 Å². The Hall–Kier alpha value is -2.01. The Kier molecular flexibility index (Phi) is 5.44. The van der Waals surface area contributed by atoms with Gasteiger partial charge >= 0.3 is 0 Å². The van der Waals surface area contributed by atoms with E-state index in [1.165, 1.54) is 12.1 Å². The zero-order valence-electron chi connectivity index (χ0n) is 12.9. The summed E-state index contributed by atoms with van der Waals surface area (Å²) in [6.45, 7) is 4.78. The molecule has 1 aromatic carbocycles. The first-order chi connectivity index (χ1) is 10.5. The summed E-state index contributed by atoms with van der Waals surface area (Å²) in [6.07, 6.45) is 0. The summed E-state index contributed by atoms with van der Waals surface area (Å²) in [4.78, 5) is 4.39. The molecule has 1 heterocycles. The largest absolute Gasteiger partial charge is 0.475 e. The molecular formula is C17H19F2NO2. The minimum absolute atomic E-state index is 0.153. The van der Waals surface area contributed by atoms with Gasteiger partial charge in [-0.3, -0.25) is 0 Å². The van der Waals surface area contributed by atoms with Crippen LogP contribution in [0.15, 0.2) is 30.3 Å². The second-order valence-electron chi connectivity index (χ2n) is 5.21. The van der Waals surface area contributed by atoms with Gasteiger partial charge in [-0.25, -0.2) is 13.8 Å². The Balaban J connectivity index is 2.43. The number of aromatic nitrogens is 1. The van der Waals surface area contributed by atoms with Gasteiger partial charge in [-0.1, -0.05) is 19.9 Å². The fourth-order valence-corrected chi connectivity index (χ4v) is 2.13. The smallest absolute Gasteiger partial charge is 0.213 e. The van der Waals surface area contributed by atoms with Crippen LogP contribution in [0.3, 0.4) is 0 Å². The maximum Gasteiger partial charge on any atom is 0.213 e. The van der Waals surface area contributed by atoms with Gasteiger partial charge in [0.15, 0.2) is 0 Å². The van der Waals surface area contributed by atoms with Crippen molar-refractivity contribution < 1.29 is 18.3 Å². The maximum absolute atomic E-state index is 14.1. The third-order valence-corrected chi connectivity index (χ3v) is 3.25. The minimum Gasteiger partial charge on any atom is -0.475 e. The van der Waals surface area contributed by atoms with Crippen LogP contribution in [0, 0.1) is 11.6 Å².